The molecule has 0 spiro atoms. The van der Waals surface area contributed by atoms with E-state index < -0.39 is 0 Å². The minimum Gasteiger partial charge on any atom is -0.328 e. The number of nitrogens with one attached hydrogen (secondary N) is 1. The largest absolute Gasteiger partial charge is 0.328 e. The highest BCUT2D eigenvalue weighted by molar-refractivity contribution is 4.80. The van der Waals surface area contributed by atoms with E-state index in [2.05, 4.69) is 26.1 Å². The Bertz CT molecular complexity index is 172. The van der Waals surface area contributed by atoms with Crippen LogP contribution in [0.1, 0.15) is 65.7 Å². The lowest BCUT2D eigenvalue weighted by molar-refractivity contribution is 0.310. The summed E-state index contributed by atoms with van der Waals surface area (Å²) in [5, 5.41) is 3.76. The second-order valence-electron chi connectivity index (χ2n) is 6.00. The van der Waals surface area contributed by atoms with Gasteiger partial charge in [-0.2, -0.15) is 0 Å². The highest BCUT2D eigenvalue weighted by Crippen LogP contribution is 2.18. The zero-order valence-corrected chi connectivity index (χ0v) is 11.3. The third-order valence-electron chi connectivity index (χ3n) is 3.71. The van der Waals surface area contributed by atoms with Crippen LogP contribution in [0.2, 0.25) is 0 Å². The van der Waals surface area contributed by atoms with Crippen molar-refractivity contribution in [2.75, 3.05) is 0 Å². The van der Waals surface area contributed by atoms with E-state index in [1.807, 2.05) is 0 Å². The second kappa shape index (κ2) is 7.29. The topological polar surface area (TPSA) is 38.0 Å². The van der Waals surface area contributed by atoms with E-state index >= 15 is 0 Å². The van der Waals surface area contributed by atoms with Crippen LogP contribution in [0.3, 0.4) is 0 Å². The molecule has 0 aromatic heterocycles. The molecule has 2 heteroatoms. The fourth-order valence-corrected chi connectivity index (χ4v) is 2.60. The second-order valence-corrected chi connectivity index (χ2v) is 6.00. The van der Waals surface area contributed by atoms with E-state index in [4.69, 9.17) is 5.73 Å². The SMILES string of the molecule is CC(C)CCCC(C)NC1CCC(N)CC1. The van der Waals surface area contributed by atoms with Crippen LogP contribution in [0.5, 0.6) is 0 Å². The van der Waals surface area contributed by atoms with Crippen LogP contribution < -0.4 is 11.1 Å². The number of nitrogens with two attached hydrogens (primary N) is 1. The van der Waals surface area contributed by atoms with Gasteiger partial charge in [-0.3, -0.25) is 0 Å². The first-order chi connectivity index (χ1) is 7.58. The van der Waals surface area contributed by atoms with E-state index in [1.54, 1.807) is 0 Å². The first-order valence-corrected chi connectivity index (χ1v) is 7.09. The van der Waals surface area contributed by atoms with E-state index in [0.717, 1.165) is 12.0 Å². The van der Waals surface area contributed by atoms with Gasteiger partial charge in [0.2, 0.25) is 0 Å². The summed E-state index contributed by atoms with van der Waals surface area (Å²) in [7, 11) is 0. The molecule has 96 valence electrons. The minimum atomic E-state index is 0.467. The van der Waals surface area contributed by atoms with Gasteiger partial charge in [-0.05, 0) is 44.9 Å². The van der Waals surface area contributed by atoms with Crippen LogP contribution in [-0.4, -0.2) is 18.1 Å². The molecule has 0 heterocycles. The lowest BCUT2D eigenvalue weighted by Crippen LogP contribution is -2.41. The van der Waals surface area contributed by atoms with Gasteiger partial charge in [-0.1, -0.05) is 26.7 Å². The Morgan fingerprint density at radius 1 is 1.06 bits per heavy atom. The lowest BCUT2D eigenvalue weighted by Gasteiger charge is -2.29. The molecular weight excluding hydrogens is 196 g/mol. The standard InChI is InChI=1S/C14H30N2/c1-11(2)5-4-6-12(3)16-14-9-7-13(15)8-10-14/h11-14,16H,4-10,15H2,1-3H3. The van der Waals surface area contributed by atoms with Crippen molar-refractivity contribution in [2.45, 2.75) is 83.8 Å². The van der Waals surface area contributed by atoms with Gasteiger partial charge in [0, 0.05) is 18.1 Å². The van der Waals surface area contributed by atoms with Crippen molar-refractivity contribution in [3.8, 4) is 0 Å². The summed E-state index contributed by atoms with van der Waals surface area (Å²) in [5.74, 6) is 0.847. The third kappa shape index (κ3) is 5.86. The average molecular weight is 226 g/mol. The Kier molecular flexibility index (Phi) is 6.37. The monoisotopic (exact) mass is 226 g/mol. The summed E-state index contributed by atoms with van der Waals surface area (Å²) in [6.45, 7) is 6.94. The smallest absolute Gasteiger partial charge is 0.00706 e. The Balaban J connectivity index is 2.07. The molecule has 16 heavy (non-hydrogen) atoms. The molecule has 1 atom stereocenters. The predicted octanol–water partition coefficient (Wildman–Crippen LogP) is 3.06. The maximum Gasteiger partial charge on any atom is 0.00706 e. The summed E-state index contributed by atoms with van der Waals surface area (Å²) in [4.78, 5) is 0. The molecule has 0 bridgehead atoms. The molecule has 1 fully saturated rings. The van der Waals surface area contributed by atoms with Crippen molar-refractivity contribution >= 4 is 0 Å². The maximum absolute atomic E-state index is 5.91. The molecule has 1 aliphatic rings. The van der Waals surface area contributed by atoms with Gasteiger partial charge in [-0.15, -0.1) is 0 Å². The average Bonchev–Trinajstić information content (AvgIpc) is 2.21. The van der Waals surface area contributed by atoms with Crippen LogP contribution in [-0.2, 0) is 0 Å². The predicted molar refractivity (Wildman–Crippen MR) is 71.5 cm³/mol. The third-order valence-corrected chi connectivity index (χ3v) is 3.71. The van der Waals surface area contributed by atoms with Crippen molar-refractivity contribution in [2.24, 2.45) is 11.7 Å². The van der Waals surface area contributed by atoms with Crippen LogP contribution in [0, 0.1) is 5.92 Å². The van der Waals surface area contributed by atoms with Gasteiger partial charge in [0.1, 0.15) is 0 Å². The van der Waals surface area contributed by atoms with Gasteiger partial charge >= 0.3 is 0 Å². The van der Waals surface area contributed by atoms with Crippen molar-refractivity contribution in [3.63, 3.8) is 0 Å². The highest BCUT2D eigenvalue weighted by atomic mass is 14.9. The first kappa shape index (κ1) is 14.0. The van der Waals surface area contributed by atoms with Gasteiger partial charge in [0.15, 0.2) is 0 Å². The Morgan fingerprint density at radius 2 is 1.69 bits per heavy atom. The van der Waals surface area contributed by atoms with Crippen molar-refractivity contribution < 1.29 is 0 Å². The molecule has 1 rings (SSSR count). The molecule has 0 saturated heterocycles. The fourth-order valence-electron chi connectivity index (χ4n) is 2.60. The molecule has 0 aromatic rings. The zero-order chi connectivity index (χ0) is 12.0. The van der Waals surface area contributed by atoms with E-state index in [1.165, 1.54) is 44.9 Å². The maximum atomic E-state index is 5.91. The van der Waals surface area contributed by atoms with E-state index in [-0.39, 0.29) is 0 Å². The summed E-state index contributed by atoms with van der Waals surface area (Å²) in [5.41, 5.74) is 5.91. The molecule has 0 aromatic carbocycles. The number of rotatable bonds is 6. The van der Waals surface area contributed by atoms with Gasteiger partial charge in [0.25, 0.3) is 0 Å². The number of hydrogen-bond donors (Lipinski definition) is 2. The molecule has 1 saturated carbocycles. The molecule has 2 nitrogen and oxygen atoms in total. The molecule has 0 aliphatic heterocycles. The Labute approximate surface area is 101 Å². The molecule has 0 radical (unpaired) electrons. The fraction of sp³-hybridized carbons (Fsp3) is 1.00. The van der Waals surface area contributed by atoms with E-state index in [0.29, 0.717) is 12.1 Å². The van der Waals surface area contributed by atoms with Crippen LogP contribution in [0.15, 0.2) is 0 Å². The van der Waals surface area contributed by atoms with Gasteiger partial charge in [-0.25, -0.2) is 0 Å². The van der Waals surface area contributed by atoms with Crippen molar-refractivity contribution in [1.82, 2.24) is 5.32 Å². The summed E-state index contributed by atoms with van der Waals surface area (Å²) < 4.78 is 0. The molecule has 3 N–H and O–H groups in total. The van der Waals surface area contributed by atoms with E-state index in [9.17, 15) is 0 Å². The zero-order valence-electron chi connectivity index (χ0n) is 11.3. The van der Waals surface area contributed by atoms with Gasteiger partial charge < -0.3 is 11.1 Å². The molecule has 0 amide bonds. The Hall–Kier alpha value is -0.0800. The lowest BCUT2D eigenvalue weighted by atomic mass is 9.91. The van der Waals surface area contributed by atoms with Crippen LogP contribution in [0.25, 0.3) is 0 Å². The summed E-state index contributed by atoms with van der Waals surface area (Å²) >= 11 is 0. The first-order valence-electron chi connectivity index (χ1n) is 7.09. The van der Waals surface area contributed by atoms with Gasteiger partial charge in [0.05, 0.1) is 0 Å². The molecular formula is C14H30N2. The summed E-state index contributed by atoms with van der Waals surface area (Å²) in [6, 6.07) is 1.88. The van der Waals surface area contributed by atoms with Crippen LogP contribution >= 0.6 is 0 Å². The van der Waals surface area contributed by atoms with Crippen LogP contribution in [0.4, 0.5) is 0 Å². The minimum absolute atomic E-state index is 0.467. The van der Waals surface area contributed by atoms with Crippen molar-refractivity contribution in [3.05, 3.63) is 0 Å². The quantitative estimate of drug-likeness (QED) is 0.730. The Morgan fingerprint density at radius 3 is 2.25 bits per heavy atom. The highest BCUT2D eigenvalue weighted by Gasteiger charge is 2.19. The molecule has 1 aliphatic carbocycles. The van der Waals surface area contributed by atoms with Crippen molar-refractivity contribution in [1.29, 1.82) is 0 Å². The molecule has 1 unspecified atom stereocenters. The number of hydrogen-bond acceptors (Lipinski definition) is 2. The summed E-state index contributed by atoms with van der Waals surface area (Å²) in [6.07, 6.45) is 9.00. The normalized spacial score (nSPS) is 28.3.